The fraction of sp³-hybridized carbons (Fsp3) is 0.567. The number of piperidine rings is 1. The lowest BCUT2D eigenvalue weighted by Crippen LogP contribution is -2.43. The Balaban J connectivity index is 1.18. The normalized spacial score (nSPS) is 30.0. The summed E-state index contributed by atoms with van der Waals surface area (Å²) in [6.07, 6.45) is 8.46. The van der Waals surface area contributed by atoms with Crippen LogP contribution in [0.4, 0.5) is 5.69 Å². The van der Waals surface area contributed by atoms with E-state index in [1.54, 1.807) is 0 Å². The molecule has 2 unspecified atom stereocenters. The van der Waals surface area contributed by atoms with Gasteiger partial charge in [0.15, 0.2) is 0 Å². The van der Waals surface area contributed by atoms with Crippen molar-refractivity contribution in [1.29, 1.82) is 0 Å². The van der Waals surface area contributed by atoms with Crippen molar-refractivity contribution in [3.63, 3.8) is 0 Å². The Hall–Kier alpha value is -2.33. The molecule has 1 heterocycles. The van der Waals surface area contributed by atoms with Crippen LogP contribution in [0.2, 0.25) is 0 Å². The van der Waals surface area contributed by atoms with Crippen molar-refractivity contribution in [1.82, 2.24) is 4.90 Å². The van der Waals surface area contributed by atoms with Crippen LogP contribution in [-0.4, -0.2) is 37.0 Å². The highest BCUT2D eigenvalue weighted by molar-refractivity contribution is 5.95. The molecular formula is C30H40N2O2. The van der Waals surface area contributed by atoms with E-state index in [0.717, 1.165) is 67.3 Å². The molecule has 3 aliphatic rings. The largest absolute Gasteiger partial charge is 0.490 e. The van der Waals surface area contributed by atoms with E-state index in [9.17, 15) is 4.79 Å². The molecule has 4 heteroatoms. The number of carbonyl (C=O) groups is 1. The van der Waals surface area contributed by atoms with E-state index < -0.39 is 0 Å². The smallest absolute Gasteiger partial charge is 0.230 e. The summed E-state index contributed by atoms with van der Waals surface area (Å²) in [5.74, 6) is 3.39. The Morgan fingerprint density at radius 1 is 0.912 bits per heavy atom. The molecule has 4 nitrogen and oxygen atoms in total. The van der Waals surface area contributed by atoms with E-state index >= 15 is 0 Å². The molecule has 0 radical (unpaired) electrons. The van der Waals surface area contributed by atoms with Crippen LogP contribution >= 0.6 is 0 Å². The van der Waals surface area contributed by atoms with Crippen molar-refractivity contribution in [3.8, 4) is 16.9 Å². The topological polar surface area (TPSA) is 41.6 Å². The van der Waals surface area contributed by atoms with Gasteiger partial charge in [0.2, 0.25) is 5.91 Å². The van der Waals surface area contributed by atoms with Crippen molar-refractivity contribution < 1.29 is 9.53 Å². The summed E-state index contributed by atoms with van der Waals surface area (Å²) in [6.45, 7) is 6.76. The molecule has 3 fully saturated rings. The lowest BCUT2D eigenvalue weighted by Gasteiger charge is -2.46. The van der Waals surface area contributed by atoms with Gasteiger partial charge in [-0.25, -0.2) is 0 Å². The molecule has 1 aliphatic heterocycles. The van der Waals surface area contributed by atoms with E-state index in [0.29, 0.717) is 17.9 Å². The summed E-state index contributed by atoms with van der Waals surface area (Å²) >= 11 is 0. The minimum Gasteiger partial charge on any atom is -0.490 e. The molecule has 0 aromatic heterocycles. The fourth-order valence-corrected chi connectivity index (χ4v) is 6.82. The van der Waals surface area contributed by atoms with Crippen LogP contribution in [0.1, 0.15) is 58.8 Å². The molecule has 34 heavy (non-hydrogen) atoms. The molecule has 182 valence electrons. The van der Waals surface area contributed by atoms with E-state index in [4.69, 9.17) is 4.74 Å². The molecule has 0 spiro atoms. The molecule has 1 amide bonds. The van der Waals surface area contributed by atoms with Gasteiger partial charge in [-0.1, -0.05) is 38.1 Å². The van der Waals surface area contributed by atoms with Gasteiger partial charge in [0.1, 0.15) is 11.9 Å². The van der Waals surface area contributed by atoms with Gasteiger partial charge < -0.3 is 15.0 Å². The molecule has 5 rings (SSSR count). The Labute approximate surface area is 205 Å². The van der Waals surface area contributed by atoms with E-state index in [1.807, 2.05) is 12.1 Å². The fourth-order valence-electron chi connectivity index (χ4n) is 6.82. The third kappa shape index (κ3) is 5.33. The zero-order valence-electron chi connectivity index (χ0n) is 21.1. The number of ether oxygens (including phenoxy) is 1. The van der Waals surface area contributed by atoms with Crippen LogP contribution in [0.25, 0.3) is 11.1 Å². The standard InChI is InChI=1S/C30H40N2O2/c1-21-16-22-18-23(17-21)20-30(2,19-22)29(33)31-26-8-4-24(5-9-26)25-6-10-27(11-7-25)34-28-12-14-32(3)15-13-28/h4-11,21-23,28H,12-20H2,1-3H3,(H,31,33). The number of nitrogens with zero attached hydrogens (tertiary/aromatic N) is 1. The van der Waals surface area contributed by atoms with Gasteiger partial charge >= 0.3 is 0 Å². The predicted molar refractivity (Wildman–Crippen MR) is 139 cm³/mol. The second-order valence-corrected chi connectivity index (χ2v) is 11.7. The quantitative estimate of drug-likeness (QED) is 0.545. The number of benzene rings is 2. The Bertz CT molecular complexity index is 958. The summed E-state index contributed by atoms with van der Waals surface area (Å²) in [5, 5.41) is 3.23. The number of amides is 1. The maximum atomic E-state index is 13.2. The van der Waals surface area contributed by atoms with Crippen molar-refractivity contribution >= 4 is 11.6 Å². The maximum absolute atomic E-state index is 13.2. The first kappa shape index (κ1) is 23.4. The van der Waals surface area contributed by atoms with E-state index in [-0.39, 0.29) is 11.3 Å². The minimum atomic E-state index is -0.240. The third-order valence-corrected chi connectivity index (χ3v) is 8.46. The monoisotopic (exact) mass is 460 g/mol. The van der Waals surface area contributed by atoms with Gasteiger partial charge in [-0.05, 0) is 105 Å². The van der Waals surface area contributed by atoms with Crippen LogP contribution in [0.5, 0.6) is 5.75 Å². The van der Waals surface area contributed by atoms with Crippen molar-refractivity contribution in [2.45, 2.75) is 64.9 Å². The summed E-state index contributed by atoms with van der Waals surface area (Å²) in [4.78, 5) is 15.6. The van der Waals surface area contributed by atoms with Crippen molar-refractivity contribution in [2.75, 3.05) is 25.5 Å². The Morgan fingerprint density at radius 2 is 1.47 bits per heavy atom. The Morgan fingerprint density at radius 3 is 2.06 bits per heavy atom. The Kier molecular flexibility index (Phi) is 6.70. The number of rotatable bonds is 5. The van der Waals surface area contributed by atoms with Gasteiger partial charge in [-0.15, -0.1) is 0 Å². The molecule has 1 N–H and O–H groups in total. The highest BCUT2D eigenvalue weighted by atomic mass is 16.5. The second-order valence-electron chi connectivity index (χ2n) is 11.7. The van der Waals surface area contributed by atoms with Gasteiger partial charge in [0.05, 0.1) is 0 Å². The zero-order valence-corrected chi connectivity index (χ0v) is 21.1. The summed E-state index contributed by atoms with van der Waals surface area (Å²) in [5.41, 5.74) is 2.96. The van der Waals surface area contributed by atoms with Gasteiger partial charge in [0, 0.05) is 24.2 Å². The minimum absolute atomic E-state index is 0.194. The lowest BCUT2D eigenvalue weighted by atomic mass is 9.59. The predicted octanol–water partition coefficient (Wildman–Crippen LogP) is 6.62. The lowest BCUT2D eigenvalue weighted by molar-refractivity contribution is -0.129. The van der Waals surface area contributed by atoms with Gasteiger partial charge in [-0.2, -0.15) is 0 Å². The first-order valence-corrected chi connectivity index (χ1v) is 13.2. The van der Waals surface area contributed by atoms with E-state index in [1.165, 1.54) is 19.3 Å². The van der Waals surface area contributed by atoms with Crippen LogP contribution in [0.3, 0.4) is 0 Å². The summed E-state index contributed by atoms with van der Waals surface area (Å²) in [6, 6.07) is 16.7. The highest BCUT2D eigenvalue weighted by Crippen LogP contribution is 2.50. The molecule has 2 aromatic carbocycles. The number of anilines is 1. The average Bonchev–Trinajstić information content (AvgIpc) is 2.81. The molecule has 2 aliphatic carbocycles. The summed E-state index contributed by atoms with van der Waals surface area (Å²) in [7, 11) is 2.17. The number of fused-ring (bicyclic) bond motifs is 2. The maximum Gasteiger partial charge on any atom is 0.230 e. The third-order valence-electron chi connectivity index (χ3n) is 8.46. The zero-order chi connectivity index (χ0) is 23.7. The van der Waals surface area contributed by atoms with Crippen molar-refractivity contribution in [3.05, 3.63) is 48.5 Å². The summed E-state index contributed by atoms with van der Waals surface area (Å²) < 4.78 is 6.18. The first-order chi connectivity index (χ1) is 16.4. The highest BCUT2D eigenvalue weighted by Gasteiger charge is 2.45. The van der Waals surface area contributed by atoms with Crippen LogP contribution in [-0.2, 0) is 4.79 Å². The number of hydrogen-bond acceptors (Lipinski definition) is 3. The number of hydrogen-bond donors (Lipinski definition) is 1. The SMILES string of the molecule is CC1CC2CC(C1)CC(C)(C(=O)Nc1ccc(-c3ccc(OC4CCN(C)CC4)cc3)cc1)C2. The molecular weight excluding hydrogens is 420 g/mol. The van der Waals surface area contributed by atoms with Gasteiger partial charge in [0.25, 0.3) is 0 Å². The van der Waals surface area contributed by atoms with E-state index in [2.05, 4.69) is 67.5 Å². The van der Waals surface area contributed by atoms with Crippen molar-refractivity contribution in [2.24, 2.45) is 23.2 Å². The number of nitrogens with one attached hydrogen (secondary N) is 1. The molecule has 2 bridgehead atoms. The molecule has 2 aromatic rings. The molecule has 2 atom stereocenters. The van der Waals surface area contributed by atoms with Crippen LogP contribution < -0.4 is 10.1 Å². The van der Waals surface area contributed by atoms with Crippen LogP contribution in [0.15, 0.2) is 48.5 Å². The molecule has 2 saturated carbocycles. The second kappa shape index (κ2) is 9.73. The van der Waals surface area contributed by atoms with Crippen LogP contribution in [0, 0.1) is 23.2 Å². The molecule has 1 saturated heterocycles. The first-order valence-electron chi connectivity index (χ1n) is 13.2. The van der Waals surface area contributed by atoms with Gasteiger partial charge in [-0.3, -0.25) is 4.79 Å². The number of likely N-dealkylation sites (tertiary alicyclic amines) is 1. The number of carbonyl (C=O) groups excluding carboxylic acids is 1. The average molecular weight is 461 g/mol.